The largest absolute Gasteiger partial charge is 0.335 e. The summed E-state index contributed by atoms with van der Waals surface area (Å²) in [5.41, 5.74) is 1.09. The molecule has 0 aromatic carbocycles. The summed E-state index contributed by atoms with van der Waals surface area (Å²) in [6.45, 7) is 0. The first-order valence-electron chi connectivity index (χ1n) is 9.84. The second-order valence-electron chi connectivity index (χ2n) is 7.71. The molecule has 9 nitrogen and oxygen atoms in total. The number of carbonyl (C=O) groups is 1. The normalized spacial score (nSPS) is 17.4. The molecule has 1 N–H and O–H groups in total. The Balaban J connectivity index is 1.60. The molecular weight excluding hydrogens is 406 g/mol. The molecule has 3 aromatic rings. The first kappa shape index (κ1) is 18.8. The standard InChI is InChI=1S/C20H20ClN7O2/c1-26-11-13(9-24-26)14-10-22-12-23-17(14)25-15-5-6-16-19(30)28(21)20(27(16)18(15)29)7-3-2-4-8-20/h5-6,9-12H,2-4,7-8H2,1H3,(H,22,23,25). The fourth-order valence-corrected chi connectivity index (χ4v) is 4.79. The van der Waals surface area contributed by atoms with Crippen LogP contribution < -0.4 is 10.9 Å². The number of hydrogen-bond donors (Lipinski definition) is 1. The Labute approximate surface area is 177 Å². The highest BCUT2D eigenvalue weighted by atomic mass is 35.5. The van der Waals surface area contributed by atoms with E-state index in [0.717, 1.165) is 30.4 Å². The van der Waals surface area contributed by atoms with Gasteiger partial charge in [0.2, 0.25) is 0 Å². The third-order valence-corrected chi connectivity index (χ3v) is 6.37. The van der Waals surface area contributed by atoms with E-state index in [0.29, 0.717) is 30.0 Å². The van der Waals surface area contributed by atoms with Crippen LogP contribution in [-0.2, 0) is 12.7 Å². The van der Waals surface area contributed by atoms with Crippen molar-refractivity contribution in [3.05, 3.63) is 53.1 Å². The SMILES string of the molecule is Cn1cc(-c2cncnc2Nc2ccc3n(c2=O)C2(CCCCC2)N(Cl)C3=O)cn1. The predicted molar refractivity (Wildman–Crippen MR) is 111 cm³/mol. The van der Waals surface area contributed by atoms with E-state index in [2.05, 4.69) is 20.4 Å². The van der Waals surface area contributed by atoms with Gasteiger partial charge >= 0.3 is 0 Å². The Morgan fingerprint density at radius 2 is 1.93 bits per heavy atom. The third kappa shape index (κ3) is 2.72. The molecule has 0 radical (unpaired) electrons. The molecule has 1 aliphatic heterocycles. The van der Waals surface area contributed by atoms with Gasteiger partial charge in [0.05, 0.1) is 6.20 Å². The fourth-order valence-electron chi connectivity index (χ4n) is 4.46. The Morgan fingerprint density at radius 3 is 2.67 bits per heavy atom. The molecule has 2 aliphatic rings. The molecule has 0 bridgehead atoms. The summed E-state index contributed by atoms with van der Waals surface area (Å²) in [7, 11) is 1.83. The lowest BCUT2D eigenvalue weighted by atomic mass is 9.89. The molecule has 1 fully saturated rings. The summed E-state index contributed by atoms with van der Waals surface area (Å²) in [6.07, 6.45) is 10.9. The Morgan fingerprint density at radius 1 is 1.13 bits per heavy atom. The van der Waals surface area contributed by atoms with Crippen LogP contribution in [0.3, 0.4) is 0 Å². The Hall–Kier alpha value is -3.20. The molecular formula is C20H20ClN7O2. The first-order valence-corrected chi connectivity index (χ1v) is 10.2. The zero-order chi connectivity index (χ0) is 20.9. The van der Waals surface area contributed by atoms with Crippen molar-refractivity contribution >= 4 is 29.2 Å². The molecule has 5 rings (SSSR count). The number of anilines is 2. The molecule has 154 valence electrons. The molecule has 1 spiro atoms. The maximum absolute atomic E-state index is 13.5. The topological polar surface area (TPSA) is 97.9 Å². The summed E-state index contributed by atoms with van der Waals surface area (Å²) in [5, 5.41) is 7.32. The minimum atomic E-state index is -0.807. The van der Waals surface area contributed by atoms with Gasteiger partial charge in [-0.3, -0.25) is 18.8 Å². The number of nitrogens with one attached hydrogen (secondary N) is 1. The van der Waals surface area contributed by atoms with Crippen LogP contribution in [0.2, 0.25) is 0 Å². The molecule has 0 atom stereocenters. The first-order chi connectivity index (χ1) is 14.5. The van der Waals surface area contributed by atoms with E-state index in [1.165, 1.54) is 10.7 Å². The lowest BCUT2D eigenvalue weighted by Gasteiger charge is -2.38. The molecule has 3 aromatic heterocycles. The molecule has 1 amide bonds. The van der Waals surface area contributed by atoms with E-state index in [-0.39, 0.29) is 11.5 Å². The minimum Gasteiger partial charge on any atom is -0.335 e. The maximum atomic E-state index is 13.5. The summed E-state index contributed by atoms with van der Waals surface area (Å²) in [6, 6.07) is 3.25. The number of aromatic nitrogens is 5. The van der Waals surface area contributed by atoms with Gasteiger partial charge in [0, 0.05) is 42.3 Å². The zero-order valence-electron chi connectivity index (χ0n) is 16.4. The van der Waals surface area contributed by atoms with Crippen LogP contribution in [0.5, 0.6) is 0 Å². The highest BCUT2D eigenvalue weighted by Crippen LogP contribution is 2.44. The van der Waals surface area contributed by atoms with Crippen molar-refractivity contribution in [1.82, 2.24) is 28.7 Å². The number of rotatable bonds is 3. The number of aryl methyl sites for hydroxylation is 1. The average Bonchev–Trinajstić information content (AvgIpc) is 3.28. The smallest absolute Gasteiger partial charge is 0.287 e. The Bertz CT molecular complexity index is 1200. The second-order valence-corrected chi connectivity index (χ2v) is 8.05. The van der Waals surface area contributed by atoms with Crippen LogP contribution in [0, 0.1) is 0 Å². The van der Waals surface area contributed by atoms with Gasteiger partial charge in [-0.25, -0.2) is 14.4 Å². The van der Waals surface area contributed by atoms with Crippen molar-refractivity contribution in [2.75, 3.05) is 5.32 Å². The molecule has 0 saturated heterocycles. The quantitative estimate of drug-likeness (QED) is 0.648. The van der Waals surface area contributed by atoms with Gasteiger partial charge in [-0.2, -0.15) is 5.10 Å². The molecule has 1 aliphatic carbocycles. The van der Waals surface area contributed by atoms with Crippen LogP contribution in [-0.4, -0.2) is 34.6 Å². The van der Waals surface area contributed by atoms with Gasteiger partial charge in [-0.15, -0.1) is 0 Å². The van der Waals surface area contributed by atoms with Crippen molar-refractivity contribution in [1.29, 1.82) is 0 Å². The third-order valence-electron chi connectivity index (χ3n) is 5.90. The molecule has 0 unspecified atom stereocenters. The van der Waals surface area contributed by atoms with Gasteiger partial charge < -0.3 is 5.32 Å². The molecule has 30 heavy (non-hydrogen) atoms. The van der Waals surface area contributed by atoms with Crippen LogP contribution in [0.25, 0.3) is 11.1 Å². The summed E-state index contributed by atoms with van der Waals surface area (Å²) in [5.74, 6) is 0.153. The molecule has 1 saturated carbocycles. The number of carbonyl (C=O) groups excluding carboxylic acids is 1. The molecule has 10 heteroatoms. The van der Waals surface area contributed by atoms with Crippen LogP contribution >= 0.6 is 11.8 Å². The van der Waals surface area contributed by atoms with Crippen molar-refractivity contribution in [3.63, 3.8) is 0 Å². The maximum Gasteiger partial charge on any atom is 0.287 e. The van der Waals surface area contributed by atoms with E-state index >= 15 is 0 Å². The van der Waals surface area contributed by atoms with E-state index < -0.39 is 5.66 Å². The fraction of sp³-hybridized carbons (Fsp3) is 0.350. The number of halogens is 1. The minimum absolute atomic E-state index is 0.290. The molecule has 4 heterocycles. The Kier molecular flexibility index (Phi) is 4.35. The predicted octanol–water partition coefficient (Wildman–Crippen LogP) is 3.01. The van der Waals surface area contributed by atoms with Gasteiger partial charge in [0.1, 0.15) is 29.2 Å². The van der Waals surface area contributed by atoms with Crippen molar-refractivity contribution in [3.8, 4) is 11.1 Å². The van der Waals surface area contributed by atoms with Gasteiger partial charge in [-0.05, 0) is 37.8 Å². The number of fused-ring (bicyclic) bond motifs is 2. The van der Waals surface area contributed by atoms with E-state index in [1.54, 1.807) is 33.8 Å². The van der Waals surface area contributed by atoms with Crippen molar-refractivity contribution < 1.29 is 4.79 Å². The van der Waals surface area contributed by atoms with Crippen LogP contribution in [0.1, 0.15) is 42.6 Å². The van der Waals surface area contributed by atoms with Gasteiger partial charge in [0.15, 0.2) is 0 Å². The van der Waals surface area contributed by atoms with E-state index in [4.69, 9.17) is 11.8 Å². The number of pyridine rings is 1. The highest BCUT2D eigenvalue weighted by molar-refractivity contribution is 6.25. The van der Waals surface area contributed by atoms with Crippen molar-refractivity contribution in [2.24, 2.45) is 7.05 Å². The van der Waals surface area contributed by atoms with E-state index in [1.807, 2.05) is 13.2 Å². The van der Waals surface area contributed by atoms with Gasteiger partial charge in [-0.1, -0.05) is 6.42 Å². The second kappa shape index (κ2) is 6.94. The van der Waals surface area contributed by atoms with Crippen LogP contribution in [0.15, 0.2) is 41.8 Å². The summed E-state index contributed by atoms with van der Waals surface area (Å²) >= 11 is 6.43. The van der Waals surface area contributed by atoms with E-state index in [9.17, 15) is 9.59 Å². The van der Waals surface area contributed by atoms with Crippen LogP contribution in [0.4, 0.5) is 11.5 Å². The van der Waals surface area contributed by atoms with Crippen molar-refractivity contribution in [2.45, 2.75) is 37.8 Å². The number of amides is 1. The number of hydrogen-bond acceptors (Lipinski definition) is 6. The summed E-state index contributed by atoms with van der Waals surface area (Å²) in [4.78, 5) is 34.6. The monoisotopic (exact) mass is 425 g/mol. The zero-order valence-corrected chi connectivity index (χ0v) is 17.1. The lowest BCUT2D eigenvalue weighted by molar-refractivity contribution is 0.0553. The van der Waals surface area contributed by atoms with Gasteiger partial charge in [0.25, 0.3) is 11.5 Å². The number of nitrogens with zero attached hydrogens (tertiary/aromatic N) is 6. The lowest BCUT2D eigenvalue weighted by Crippen LogP contribution is -2.47. The summed E-state index contributed by atoms with van der Waals surface area (Å²) < 4.78 is 4.47. The average molecular weight is 426 g/mol. The highest BCUT2D eigenvalue weighted by Gasteiger charge is 2.50.